The van der Waals surface area contributed by atoms with Crippen molar-refractivity contribution in [3.8, 4) is 0 Å². The first kappa shape index (κ1) is 12.5. The average molecular weight is 233 g/mol. The minimum absolute atomic E-state index is 0.345. The number of piperidine rings is 1. The van der Waals surface area contributed by atoms with Gasteiger partial charge in [-0.25, -0.2) is 0 Å². The van der Waals surface area contributed by atoms with Crippen molar-refractivity contribution in [1.82, 2.24) is 9.88 Å². The standard InChI is InChI=1S/C14H23N3/c1-2-12-5-4-8-17(11-12)14(9-15)13-6-3-7-16-10-13/h3,6-7,10,12,14H,2,4-5,8-9,11,15H2,1H3. The van der Waals surface area contributed by atoms with Gasteiger partial charge in [0.2, 0.25) is 0 Å². The molecule has 3 nitrogen and oxygen atoms in total. The molecule has 1 aromatic rings. The molecule has 94 valence electrons. The molecule has 2 N–H and O–H groups in total. The third kappa shape index (κ3) is 3.05. The summed E-state index contributed by atoms with van der Waals surface area (Å²) < 4.78 is 0. The van der Waals surface area contributed by atoms with Crippen molar-refractivity contribution in [3.05, 3.63) is 30.1 Å². The molecule has 3 heteroatoms. The van der Waals surface area contributed by atoms with Gasteiger partial charge in [-0.05, 0) is 36.9 Å². The first-order valence-corrected chi connectivity index (χ1v) is 6.69. The summed E-state index contributed by atoms with van der Waals surface area (Å²) in [6, 6.07) is 4.48. The molecule has 0 bridgehead atoms. The Labute approximate surface area is 104 Å². The Kier molecular flexibility index (Phi) is 4.51. The molecule has 1 saturated heterocycles. The van der Waals surface area contributed by atoms with E-state index in [4.69, 9.17) is 5.73 Å². The van der Waals surface area contributed by atoms with E-state index < -0.39 is 0 Å². The summed E-state index contributed by atoms with van der Waals surface area (Å²) in [6.45, 7) is 5.33. The Hall–Kier alpha value is -0.930. The van der Waals surface area contributed by atoms with Crippen LogP contribution in [0.5, 0.6) is 0 Å². The molecular weight excluding hydrogens is 210 g/mol. The van der Waals surface area contributed by atoms with E-state index in [1.807, 2.05) is 18.5 Å². The van der Waals surface area contributed by atoms with Crippen LogP contribution in [0, 0.1) is 5.92 Å². The van der Waals surface area contributed by atoms with E-state index in [1.54, 1.807) is 0 Å². The summed E-state index contributed by atoms with van der Waals surface area (Å²) in [6.07, 6.45) is 7.72. The number of pyridine rings is 1. The van der Waals surface area contributed by atoms with Crippen molar-refractivity contribution >= 4 is 0 Å². The van der Waals surface area contributed by atoms with Crippen molar-refractivity contribution in [3.63, 3.8) is 0 Å². The fourth-order valence-electron chi connectivity index (χ4n) is 2.78. The molecule has 17 heavy (non-hydrogen) atoms. The van der Waals surface area contributed by atoms with Crippen LogP contribution in [0.3, 0.4) is 0 Å². The minimum Gasteiger partial charge on any atom is -0.329 e. The van der Waals surface area contributed by atoms with Crippen LogP contribution in [0.1, 0.15) is 37.8 Å². The predicted octanol–water partition coefficient (Wildman–Crippen LogP) is 2.20. The molecule has 0 radical (unpaired) electrons. The third-order valence-corrected chi connectivity index (χ3v) is 3.86. The van der Waals surface area contributed by atoms with Crippen LogP contribution >= 0.6 is 0 Å². The quantitative estimate of drug-likeness (QED) is 0.867. The smallest absolute Gasteiger partial charge is 0.0485 e. The van der Waals surface area contributed by atoms with E-state index >= 15 is 0 Å². The molecule has 2 rings (SSSR count). The molecule has 2 heterocycles. The lowest BCUT2D eigenvalue weighted by Gasteiger charge is -2.37. The van der Waals surface area contributed by atoms with Gasteiger partial charge in [0.05, 0.1) is 0 Å². The first-order chi connectivity index (χ1) is 8.35. The highest BCUT2D eigenvalue weighted by molar-refractivity contribution is 5.14. The van der Waals surface area contributed by atoms with Crippen LogP contribution in [0.25, 0.3) is 0 Å². The van der Waals surface area contributed by atoms with E-state index in [2.05, 4.69) is 22.9 Å². The molecule has 1 aromatic heterocycles. The Bertz CT molecular complexity index is 325. The van der Waals surface area contributed by atoms with Crippen molar-refractivity contribution in [2.45, 2.75) is 32.2 Å². The lowest BCUT2D eigenvalue weighted by molar-refractivity contribution is 0.124. The number of aromatic nitrogens is 1. The molecule has 2 unspecified atom stereocenters. The van der Waals surface area contributed by atoms with E-state index in [1.165, 1.54) is 37.9 Å². The zero-order valence-corrected chi connectivity index (χ0v) is 10.7. The van der Waals surface area contributed by atoms with E-state index in [9.17, 15) is 0 Å². The molecule has 0 amide bonds. The number of hydrogen-bond acceptors (Lipinski definition) is 3. The summed E-state index contributed by atoms with van der Waals surface area (Å²) in [4.78, 5) is 6.74. The second kappa shape index (κ2) is 6.12. The van der Waals surface area contributed by atoms with Crippen LogP contribution in [0.15, 0.2) is 24.5 Å². The summed E-state index contributed by atoms with van der Waals surface area (Å²) in [7, 11) is 0. The zero-order chi connectivity index (χ0) is 12.1. The van der Waals surface area contributed by atoms with E-state index in [0.717, 1.165) is 5.92 Å². The lowest BCUT2D eigenvalue weighted by atomic mass is 9.93. The molecule has 1 aliphatic heterocycles. The summed E-state index contributed by atoms with van der Waals surface area (Å²) in [5, 5.41) is 0. The van der Waals surface area contributed by atoms with Gasteiger partial charge in [0.15, 0.2) is 0 Å². The van der Waals surface area contributed by atoms with E-state index in [0.29, 0.717) is 12.6 Å². The summed E-state index contributed by atoms with van der Waals surface area (Å²) >= 11 is 0. The van der Waals surface area contributed by atoms with Crippen LogP contribution in [0.4, 0.5) is 0 Å². The second-order valence-electron chi connectivity index (χ2n) is 4.95. The number of nitrogens with zero attached hydrogens (tertiary/aromatic N) is 2. The Morgan fingerprint density at radius 2 is 2.47 bits per heavy atom. The number of hydrogen-bond donors (Lipinski definition) is 1. The Morgan fingerprint density at radius 1 is 1.59 bits per heavy atom. The first-order valence-electron chi connectivity index (χ1n) is 6.69. The Balaban J connectivity index is 2.08. The van der Waals surface area contributed by atoms with Crippen molar-refractivity contribution in [2.75, 3.05) is 19.6 Å². The highest BCUT2D eigenvalue weighted by Gasteiger charge is 2.25. The number of likely N-dealkylation sites (tertiary alicyclic amines) is 1. The maximum atomic E-state index is 5.95. The number of nitrogens with two attached hydrogens (primary N) is 1. The van der Waals surface area contributed by atoms with Gasteiger partial charge in [-0.15, -0.1) is 0 Å². The molecule has 0 saturated carbocycles. The van der Waals surface area contributed by atoms with E-state index in [-0.39, 0.29) is 0 Å². The van der Waals surface area contributed by atoms with Gasteiger partial charge in [-0.1, -0.05) is 19.4 Å². The van der Waals surface area contributed by atoms with Gasteiger partial charge in [0, 0.05) is 31.5 Å². The van der Waals surface area contributed by atoms with Gasteiger partial charge < -0.3 is 5.73 Å². The summed E-state index contributed by atoms with van der Waals surface area (Å²) in [5.74, 6) is 0.842. The SMILES string of the molecule is CCC1CCCN(C(CN)c2cccnc2)C1. The van der Waals surface area contributed by atoms with Crippen LogP contribution < -0.4 is 5.73 Å². The largest absolute Gasteiger partial charge is 0.329 e. The normalized spacial score (nSPS) is 23.5. The Morgan fingerprint density at radius 3 is 3.12 bits per heavy atom. The van der Waals surface area contributed by atoms with Gasteiger partial charge in [-0.3, -0.25) is 9.88 Å². The van der Waals surface area contributed by atoms with Gasteiger partial charge >= 0.3 is 0 Å². The molecule has 0 spiro atoms. The molecule has 0 aromatic carbocycles. The summed E-state index contributed by atoms with van der Waals surface area (Å²) in [5.41, 5.74) is 7.21. The molecule has 1 aliphatic rings. The highest BCUT2D eigenvalue weighted by atomic mass is 15.2. The topological polar surface area (TPSA) is 42.1 Å². The van der Waals surface area contributed by atoms with Crippen LogP contribution in [-0.4, -0.2) is 29.5 Å². The van der Waals surface area contributed by atoms with Crippen molar-refractivity contribution in [1.29, 1.82) is 0 Å². The van der Waals surface area contributed by atoms with Crippen LogP contribution in [0.2, 0.25) is 0 Å². The predicted molar refractivity (Wildman–Crippen MR) is 70.6 cm³/mol. The zero-order valence-electron chi connectivity index (χ0n) is 10.7. The maximum absolute atomic E-state index is 5.95. The average Bonchev–Trinajstić information content (AvgIpc) is 2.41. The number of rotatable bonds is 4. The molecule has 1 fully saturated rings. The fourth-order valence-corrected chi connectivity index (χ4v) is 2.78. The third-order valence-electron chi connectivity index (χ3n) is 3.86. The molecular formula is C14H23N3. The van der Waals surface area contributed by atoms with Crippen LogP contribution in [-0.2, 0) is 0 Å². The molecule has 2 atom stereocenters. The minimum atomic E-state index is 0.345. The molecule has 0 aliphatic carbocycles. The van der Waals surface area contributed by atoms with Gasteiger partial charge in [0.1, 0.15) is 0 Å². The van der Waals surface area contributed by atoms with Crippen molar-refractivity contribution in [2.24, 2.45) is 11.7 Å². The van der Waals surface area contributed by atoms with Crippen molar-refractivity contribution < 1.29 is 0 Å². The maximum Gasteiger partial charge on any atom is 0.0485 e. The second-order valence-corrected chi connectivity index (χ2v) is 4.95. The fraction of sp³-hybridized carbons (Fsp3) is 0.643. The highest BCUT2D eigenvalue weighted by Crippen LogP contribution is 2.27. The van der Waals surface area contributed by atoms with Gasteiger partial charge in [-0.2, -0.15) is 0 Å². The lowest BCUT2D eigenvalue weighted by Crippen LogP contribution is -2.41. The van der Waals surface area contributed by atoms with Gasteiger partial charge in [0.25, 0.3) is 0 Å². The monoisotopic (exact) mass is 233 g/mol.